The maximum atomic E-state index is 11.6. The van der Waals surface area contributed by atoms with Crippen LogP contribution in [0.5, 0.6) is 0 Å². The second-order valence-corrected chi connectivity index (χ2v) is 6.07. The van der Waals surface area contributed by atoms with Gasteiger partial charge in [0.05, 0.1) is 11.0 Å². The summed E-state index contributed by atoms with van der Waals surface area (Å²) in [5.74, 6) is -0.0709. The van der Waals surface area contributed by atoms with E-state index in [2.05, 4.69) is 5.32 Å². The summed E-state index contributed by atoms with van der Waals surface area (Å²) in [6.45, 7) is 2.03. The van der Waals surface area contributed by atoms with Gasteiger partial charge in [0.25, 0.3) is 0 Å². The molecule has 0 radical (unpaired) electrons. The Kier molecular flexibility index (Phi) is 6.51. The van der Waals surface area contributed by atoms with Crippen LogP contribution in [0.1, 0.15) is 26.2 Å². The molecule has 90 valence electrons. The van der Waals surface area contributed by atoms with Gasteiger partial charge in [-0.1, -0.05) is 0 Å². The predicted octanol–water partition coefficient (Wildman–Crippen LogP) is -0.335. The molecule has 0 aliphatic rings. The normalized spacial score (nSPS) is 13.5. The minimum absolute atomic E-state index is 0.0571. The van der Waals surface area contributed by atoms with E-state index in [0.29, 0.717) is 19.4 Å². The van der Waals surface area contributed by atoms with Crippen molar-refractivity contribution in [2.75, 3.05) is 19.3 Å². The number of hydrogen-bond donors (Lipinski definition) is 2. The molecule has 0 bridgehead atoms. The van der Waals surface area contributed by atoms with Crippen LogP contribution in [0.4, 0.5) is 0 Å². The van der Waals surface area contributed by atoms with Crippen LogP contribution in [-0.2, 0) is 14.6 Å². The highest BCUT2D eigenvalue weighted by Gasteiger charge is 2.19. The van der Waals surface area contributed by atoms with Gasteiger partial charge in [-0.05, 0) is 26.3 Å². The molecule has 0 aromatic rings. The second-order valence-electron chi connectivity index (χ2n) is 3.53. The predicted molar refractivity (Wildman–Crippen MR) is 60.2 cm³/mol. The molecule has 0 heterocycles. The van der Waals surface area contributed by atoms with Crippen molar-refractivity contribution in [1.29, 1.82) is 0 Å². The van der Waals surface area contributed by atoms with E-state index in [-0.39, 0.29) is 18.1 Å². The molecule has 3 N–H and O–H groups in total. The van der Waals surface area contributed by atoms with Gasteiger partial charge >= 0.3 is 0 Å². The molecule has 0 saturated heterocycles. The van der Waals surface area contributed by atoms with Crippen molar-refractivity contribution < 1.29 is 13.2 Å². The van der Waals surface area contributed by atoms with E-state index in [1.165, 1.54) is 7.05 Å². The molecule has 1 unspecified atom stereocenters. The van der Waals surface area contributed by atoms with Crippen LogP contribution in [0.2, 0.25) is 0 Å². The summed E-state index contributed by atoms with van der Waals surface area (Å²) in [6.07, 6.45) is 1.10. The largest absolute Gasteiger partial charge is 0.359 e. The van der Waals surface area contributed by atoms with Gasteiger partial charge in [-0.25, -0.2) is 8.42 Å². The molecule has 0 fully saturated rings. The van der Waals surface area contributed by atoms with Gasteiger partial charge < -0.3 is 11.1 Å². The van der Waals surface area contributed by atoms with E-state index < -0.39 is 15.1 Å². The molecule has 0 aromatic heterocycles. The molecule has 0 spiro atoms. The first kappa shape index (κ1) is 14.4. The van der Waals surface area contributed by atoms with E-state index in [0.717, 1.165) is 0 Å². The third kappa shape index (κ3) is 5.74. The SMILES string of the molecule is CNC(=O)CCCS(=O)(=O)C(C)CCN. The molecular formula is C9H20N2O3S. The molecule has 0 aromatic carbocycles. The second kappa shape index (κ2) is 6.79. The standard InChI is InChI=1S/C9H20N2O3S/c1-8(5-6-10)15(13,14)7-3-4-9(12)11-2/h8H,3-7,10H2,1-2H3,(H,11,12). The Morgan fingerprint density at radius 2 is 2.07 bits per heavy atom. The maximum Gasteiger partial charge on any atom is 0.219 e. The zero-order valence-corrected chi connectivity index (χ0v) is 10.1. The van der Waals surface area contributed by atoms with E-state index in [9.17, 15) is 13.2 Å². The number of carbonyl (C=O) groups is 1. The smallest absolute Gasteiger partial charge is 0.219 e. The molecule has 6 heteroatoms. The van der Waals surface area contributed by atoms with Crippen LogP contribution in [0.25, 0.3) is 0 Å². The molecule has 15 heavy (non-hydrogen) atoms. The summed E-state index contributed by atoms with van der Waals surface area (Å²) >= 11 is 0. The average molecular weight is 236 g/mol. The molecule has 1 atom stereocenters. The fourth-order valence-corrected chi connectivity index (χ4v) is 2.62. The lowest BCUT2D eigenvalue weighted by molar-refractivity contribution is -0.120. The highest BCUT2D eigenvalue weighted by Crippen LogP contribution is 2.08. The van der Waals surface area contributed by atoms with E-state index in [1.807, 2.05) is 0 Å². The third-order valence-electron chi connectivity index (χ3n) is 2.30. The van der Waals surface area contributed by atoms with Crippen molar-refractivity contribution in [3.05, 3.63) is 0 Å². The number of sulfone groups is 1. The Morgan fingerprint density at radius 3 is 2.53 bits per heavy atom. The van der Waals surface area contributed by atoms with Gasteiger partial charge in [0.1, 0.15) is 0 Å². The Hall–Kier alpha value is -0.620. The van der Waals surface area contributed by atoms with Crippen molar-refractivity contribution >= 4 is 15.7 Å². The minimum atomic E-state index is -3.09. The topological polar surface area (TPSA) is 89.3 Å². The number of hydrogen-bond acceptors (Lipinski definition) is 4. The van der Waals surface area contributed by atoms with Gasteiger partial charge in [-0.3, -0.25) is 4.79 Å². The van der Waals surface area contributed by atoms with Crippen LogP contribution in [0.15, 0.2) is 0 Å². The highest BCUT2D eigenvalue weighted by atomic mass is 32.2. The van der Waals surface area contributed by atoms with Gasteiger partial charge in [0.2, 0.25) is 5.91 Å². The number of nitrogens with one attached hydrogen (secondary N) is 1. The van der Waals surface area contributed by atoms with Crippen LogP contribution < -0.4 is 11.1 Å². The zero-order valence-electron chi connectivity index (χ0n) is 9.32. The zero-order chi connectivity index (χ0) is 11.9. The van der Waals surface area contributed by atoms with Gasteiger partial charge in [0.15, 0.2) is 9.84 Å². The van der Waals surface area contributed by atoms with Crippen LogP contribution >= 0.6 is 0 Å². The van der Waals surface area contributed by atoms with Crippen LogP contribution in [0.3, 0.4) is 0 Å². The summed E-state index contributed by atoms with van der Waals surface area (Å²) in [5, 5.41) is 2.04. The van der Waals surface area contributed by atoms with E-state index in [1.54, 1.807) is 6.92 Å². The minimum Gasteiger partial charge on any atom is -0.359 e. The van der Waals surface area contributed by atoms with Crippen molar-refractivity contribution in [3.63, 3.8) is 0 Å². The molecule has 0 aliphatic carbocycles. The Bertz CT molecular complexity index is 288. The lowest BCUT2D eigenvalue weighted by Crippen LogP contribution is -2.25. The lowest BCUT2D eigenvalue weighted by Gasteiger charge is -2.11. The van der Waals surface area contributed by atoms with Crippen LogP contribution in [-0.4, -0.2) is 38.9 Å². The summed E-state index contributed by atoms with van der Waals surface area (Å²) in [4.78, 5) is 10.9. The first-order chi connectivity index (χ1) is 6.94. The maximum absolute atomic E-state index is 11.6. The van der Waals surface area contributed by atoms with Gasteiger partial charge in [-0.2, -0.15) is 0 Å². The number of rotatable bonds is 7. The molecule has 0 saturated carbocycles. The summed E-state index contributed by atoms with van der Waals surface area (Å²) in [5.41, 5.74) is 5.30. The Morgan fingerprint density at radius 1 is 1.47 bits per heavy atom. The summed E-state index contributed by atoms with van der Waals surface area (Å²) in [6, 6.07) is 0. The van der Waals surface area contributed by atoms with Crippen molar-refractivity contribution in [1.82, 2.24) is 5.32 Å². The Balaban J connectivity index is 3.99. The van der Waals surface area contributed by atoms with Crippen molar-refractivity contribution in [3.8, 4) is 0 Å². The Labute approximate surface area is 91.3 Å². The number of carbonyl (C=O) groups excluding carboxylic acids is 1. The van der Waals surface area contributed by atoms with Crippen molar-refractivity contribution in [2.24, 2.45) is 5.73 Å². The van der Waals surface area contributed by atoms with E-state index >= 15 is 0 Å². The molecule has 0 aliphatic heterocycles. The average Bonchev–Trinajstić information content (AvgIpc) is 2.17. The highest BCUT2D eigenvalue weighted by molar-refractivity contribution is 7.92. The fraction of sp³-hybridized carbons (Fsp3) is 0.889. The summed E-state index contributed by atoms with van der Waals surface area (Å²) < 4.78 is 23.2. The monoisotopic (exact) mass is 236 g/mol. The van der Waals surface area contributed by atoms with E-state index in [4.69, 9.17) is 5.73 Å². The molecular weight excluding hydrogens is 216 g/mol. The third-order valence-corrected chi connectivity index (χ3v) is 4.62. The first-order valence-corrected chi connectivity index (χ1v) is 6.77. The summed E-state index contributed by atoms with van der Waals surface area (Å²) in [7, 11) is -1.55. The number of nitrogens with two attached hydrogens (primary N) is 1. The first-order valence-electron chi connectivity index (χ1n) is 5.06. The van der Waals surface area contributed by atoms with Gasteiger partial charge in [0, 0.05) is 13.5 Å². The fourth-order valence-electron chi connectivity index (χ4n) is 1.17. The number of amides is 1. The quantitative estimate of drug-likeness (QED) is 0.633. The molecule has 0 rings (SSSR count). The van der Waals surface area contributed by atoms with Gasteiger partial charge in [-0.15, -0.1) is 0 Å². The molecule has 1 amide bonds. The van der Waals surface area contributed by atoms with Crippen LogP contribution in [0, 0.1) is 0 Å². The molecule has 5 nitrogen and oxygen atoms in total. The lowest BCUT2D eigenvalue weighted by atomic mass is 10.3. The van der Waals surface area contributed by atoms with Crippen molar-refractivity contribution in [2.45, 2.75) is 31.4 Å².